The van der Waals surface area contributed by atoms with E-state index in [2.05, 4.69) is 22.1 Å². The minimum Gasteiger partial charge on any atom is -0.424 e. The van der Waals surface area contributed by atoms with E-state index in [0.717, 1.165) is 36.7 Å². The van der Waals surface area contributed by atoms with Gasteiger partial charge < -0.3 is 4.42 Å². The van der Waals surface area contributed by atoms with Crippen LogP contribution < -0.4 is 11.2 Å². The zero-order valence-electron chi connectivity index (χ0n) is 18.8. The molecule has 0 spiro atoms. The fourth-order valence-corrected chi connectivity index (χ4v) is 4.39. The van der Waals surface area contributed by atoms with Crippen LogP contribution in [0.2, 0.25) is 0 Å². The van der Waals surface area contributed by atoms with E-state index in [4.69, 9.17) is 9.40 Å². The molecule has 168 valence electrons. The average Bonchev–Trinajstić information content (AvgIpc) is 3.19. The van der Waals surface area contributed by atoms with Gasteiger partial charge in [-0.25, -0.2) is 14.8 Å². The highest BCUT2D eigenvalue weighted by molar-refractivity contribution is 7.99. The van der Waals surface area contributed by atoms with E-state index in [0.29, 0.717) is 46.6 Å². The fraction of sp³-hybridized carbons (Fsp3) is 0.619. The van der Waals surface area contributed by atoms with E-state index >= 15 is 0 Å². The topological polar surface area (TPSA) is 109 Å². The maximum atomic E-state index is 13.1. The van der Waals surface area contributed by atoms with Gasteiger partial charge in [0, 0.05) is 26.9 Å². The zero-order chi connectivity index (χ0) is 22.5. The number of hydrogen-bond donors (Lipinski definition) is 0. The van der Waals surface area contributed by atoms with E-state index in [1.807, 2.05) is 13.8 Å². The second-order valence-corrected chi connectivity index (χ2v) is 9.00. The van der Waals surface area contributed by atoms with E-state index in [-0.39, 0.29) is 16.5 Å². The number of thioether (sulfide) groups is 1. The smallest absolute Gasteiger partial charge is 0.332 e. The van der Waals surface area contributed by atoms with Crippen LogP contribution in [0.1, 0.15) is 75.7 Å². The fourth-order valence-electron chi connectivity index (χ4n) is 3.41. The molecule has 0 N–H and O–H groups in total. The normalized spacial score (nSPS) is 12.5. The summed E-state index contributed by atoms with van der Waals surface area (Å²) in [6, 6.07) is 0. The van der Waals surface area contributed by atoms with Gasteiger partial charge in [0.1, 0.15) is 16.2 Å². The Hall–Kier alpha value is -2.49. The first kappa shape index (κ1) is 23.2. The molecule has 0 saturated heterocycles. The van der Waals surface area contributed by atoms with Crippen LogP contribution in [0.5, 0.6) is 0 Å². The molecular weight excluding hydrogens is 416 g/mol. The number of rotatable bonds is 10. The third-order valence-corrected chi connectivity index (χ3v) is 6.15. The van der Waals surface area contributed by atoms with Crippen molar-refractivity contribution in [3.05, 3.63) is 38.4 Å². The van der Waals surface area contributed by atoms with Crippen molar-refractivity contribution in [2.45, 2.75) is 83.0 Å². The summed E-state index contributed by atoms with van der Waals surface area (Å²) in [7, 11) is 1.49. The molecule has 0 aliphatic rings. The van der Waals surface area contributed by atoms with Gasteiger partial charge in [0.15, 0.2) is 5.65 Å². The van der Waals surface area contributed by atoms with Crippen molar-refractivity contribution in [3.63, 3.8) is 0 Å². The highest BCUT2D eigenvalue weighted by Crippen LogP contribution is 2.35. The molecule has 0 aromatic carbocycles. The second kappa shape index (κ2) is 10.2. The summed E-state index contributed by atoms with van der Waals surface area (Å²) in [6.45, 7) is 8.31. The highest BCUT2D eigenvalue weighted by atomic mass is 32.2. The van der Waals surface area contributed by atoms with Gasteiger partial charge in [-0.05, 0) is 19.8 Å². The molecule has 31 heavy (non-hydrogen) atoms. The van der Waals surface area contributed by atoms with E-state index < -0.39 is 0 Å². The summed E-state index contributed by atoms with van der Waals surface area (Å²) in [5, 5.41) is 8.69. The summed E-state index contributed by atoms with van der Waals surface area (Å²) >= 11 is 1.38. The van der Waals surface area contributed by atoms with Crippen LogP contribution in [-0.2, 0) is 20.0 Å². The lowest BCUT2D eigenvalue weighted by Crippen LogP contribution is -2.39. The molecule has 3 aromatic rings. The van der Waals surface area contributed by atoms with Gasteiger partial charge in [-0.1, -0.05) is 44.9 Å². The van der Waals surface area contributed by atoms with Gasteiger partial charge in [-0.3, -0.25) is 13.9 Å². The van der Waals surface area contributed by atoms with Gasteiger partial charge in [-0.15, -0.1) is 10.2 Å². The Kier molecular flexibility index (Phi) is 7.64. The first-order valence-electron chi connectivity index (χ1n) is 10.8. The van der Waals surface area contributed by atoms with Gasteiger partial charge in [0.2, 0.25) is 11.8 Å². The van der Waals surface area contributed by atoms with Gasteiger partial charge >= 0.3 is 5.69 Å². The lowest BCUT2D eigenvalue weighted by molar-refractivity contribution is 0.470. The summed E-state index contributed by atoms with van der Waals surface area (Å²) < 4.78 is 8.28. The van der Waals surface area contributed by atoms with Crippen molar-refractivity contribution in [2.24, 2.45) is 7.05 Å². The number of nitrogens with zero attached hydrogens (tertiary/aromatic N) is 6. The molecule has 1 atom stereocenters. The third kappa shape index (κ3) is 5.06. The Labute approximate surface area is 185 Å². The molecule has 0 saturated carbocycles. The van der Waals surface area contributed by atoms with Crippen LogP contribution in [0, 0.1) is 6.92 Å². The van der Waals surface area contributed by atoms with Crippen LogP contribution in [0.4, 0.5) is 0 Å². The molecule has 1 unspecified atom stereocenters. The first-order valence-corrected chi connectivity index (χ1v) is 11.7. The van der Waals surface area contributed by atoms with Crippen LogP contribution in [0.3, 0.4) is 0 Å². The van der Waals surface area contributed by atoms with Crippen LogP contribution in [0.25, 0.3) is 11.0 Å². The highest BCUT2D eigenvalue weighted by Gasteiger charge is 2.22. The standard InChI is InChI=1S/C21H30N6O3S/c1-6-8-9-10-11-15-22-17-16(20(28)26(5)21(29)27(17)12-7-2)19(23-15)31-13(3)18-25-24-14(4)30-18/h13H,6-12H2,1-5H3. The molecule has 0 fully saturated rings. The largest absolute Gasteiger partial charge is 0.424 e. The Morgan fingerprint density at radius 2 is 1.84 bits per heavy atom. The van der Waals surface area contributed by atoms with Crippen LogP contribution in [-0.4, -0.2) is 29.3 Å². The Morgan fingerprint density at radius 1 is 1.06 bits per heavy atom. The first-order chi connectivity index (χ1) is 14.9. The average molecular weight is 447 g/mol. The monoisotopic (exact) mass is 446 g/mol. The van der Waals surface area contributed by atoms with E-state index in [9.17, 15) is 9.59 Å². The summed E-state index contributed by atoms with van der Waals surface area (Å²) in [6.07, 6.45) is 5.81. The van der Waals surface area contributed by atoms with Crippen molar-refractivity contribution < 1.29 is 4.42 Å². The summed E-state index contributed by atoms with van der Waals surface area (Å²) in [5.74, 6) is 1.61. The van der Waals surface area contributed by atoms with Crippen LogP contribution >= 0.6 is 11.8 Å². The molecule has 0 aliphatic heterocycles. The predicted molar refractivity (Wildman–Crippen MR) is 120 cm³/mol. The lowest BCUT2D eigenvalue weighted by atomic mass is 10.1. The number of aromatic nitrogens is 6. The lowest BCUT2D eigenvalue weighted by Gasteiger charge is -2.15. The second-order valence-electron chi connectivity index (χ2n) is 7.67. The Morgan fingerprint density at radius 3 is 2.48 bits per heavy atom. The Bertz CT molecular complexity index is 1170. The third-order valence-electron chi connectivity index (χ3n) is 5.07. The van der Waals surface area contributed by atoms with Gasteiger partial charge in [0.25, 0.3) is 5.56 Å². The van der Waals surface area contributed by atoms with Crippen molar-refractivity contribution in [3.8, 4) is 0 Å². The number of aryl methyl sites for hydroxylation is 3. The molecule has 9 nitrogen and oxygen atoms in total. The van der Waals surface area contributed by atoms with Crippen molar-refractivity contribution >= 4 is 22.8 Å². The Balaban J connectivity index is 2.14. The zero-order valence-corrected chi connectivity index (χ0v) is 19.7. The van der Waals surface area contributed by atoms with Crippen molar-refractivity contribution in [2.75, 3.05) is 0 Å². The van der Waals surface area contributed by atoms with Crippen molar-refractivity contribution in [1.82, 2.24) is 29.3 Å². The molecule has 10 heteroatoms. The minimum atomic E-state index is -0.388. The molecule has 3 aromatic heterocycles. The predicted octanol–water partition coefficient (Wildman–Crippen LogP) is 3.57. The molecule has 0 aliphatic carbocycles. The maximum absolute atomic E-state index is 13.1. The summed E-state index contributed by atoms with van der Waals surface area (Å²) in [5.41, 5.74) is -0.334. The molecule has 0 radical (unpaired) electrons. The van der Waals surface area contributed by atoms with Gasteiger partial charge in [0.05, 0.1) is 5.25 Å². The molecule has 0 bridgehead atoms. The molecule has 3 heterocycles. The molecule has 3 rings (SSSR count). The van der Waals surface area contributed by atoms with Crippen molar-refractivity contribution in [1.29, 1.82) is 0 Å². The molecular formula is C21H30N6O3S. The number of fused-ring (bicyclic) bond motifs is 1. The maximum Gasteiger partial charge on any atom is 0.332 e. The molecule has 0 amide bonds. The summed E-state index contributed by atoms with van der Waals surface area (Å²) in [4.78, 5) is 35.3. The number of hydrogen-bond acceptors (Lipinski definition) is 8. The minimum absolute atomic E-state index is 0.205. The van der Waals surface area contributed by atoms with E-state index in [1.54, 1.807) is 11.5 Å². The quantitative estimate of drug-likeness (QED) is 0.264. The van der Waals surface area contributed by atoms with Gasteiger partial charge in [-0.2, -0.15) is 0 Å². The number of unbranched alkanes of at least 4 members (excludes halogenated alkanes) is 3. The van der Waals surface area contributed by atoms with E-state index in [1.165, 1.54) is 18.8 Å². The SMILES string of the molecule is CCCCCCc1nc(SC(C)c2nnc(C)o2)c2c(=O)n(C)c(=O)n(CCC)c2n1. The van der Waals surface area contributed by atoms with Crippen LogP contribution in [0.15, 0.2) is 19.0 Å².